The van der Waals surface area contributed by atoms with Gasteiger partial charge in [-0.25, -0.2) is 0 Å². The van der Waals surface area contributed by atoms with Gasteiger partial charge in [0, 0.05) is 42.4 Å². The van der Waals surface area contributed by atoms with Gasteiger partial charge in [0.25, 0.3) is 0 Å². The molecule has 0 amide bonds. The predicted molar refractivity (Wildman–Crippen MR) is 83.9 cm³/mol. The van der Waals surface area contributed by atoms with E-state index in [9.17, 15) is 4.79 Å². The van der Waals surface area contributed by atoms with Crippen LogP contribution in [0.5, 0.6) is 0 Å². The average molecular weight is 363 g/mol. The van der Waals surface area contributed by atoms with Crippen molar-refractivity contribution in [1.29, 1.82) is 0 Å². The SMILES string of the molecule is O=C1C=C(N2CCOCC2)CC2=C1CC=C2c1nocc1Br. The first kappa shape index (κ1) is 14.0. The third kappa shape index (κ3) is 2.27. The van der Waals surface area contributed by atoms with Gasteiger partial charge in [-0.3, -0.25) is 4.79 Å². The van der Waals surface area contributed by atoms with Crippen LogP contribution in [-0.4, -0.2) is 42.1 Å². The number of ether oxygens (including phenoxy) is 1. The lowest BCUT2D eigenvalue weighted by Gasteiger charge is -2.33. The largest absolute Gasteiger partial charge is 0.378 e. The van der Waals surface area contributed by atoms with Crippen molar-refractivity contribution in [2.24, 2.45) is 0 Å². The maximum Gasteiger partial charge on any atom is 0.184 e. The van der Waals surface area contributed by atoms with Crippen molar-refractivity contribution in [3.05, 3.63) is 45.4 Å². The molecule has 2 heterocycles. The summed E-state index contributed by atoms with van der Waals surface area (Å²) in [5.41, 5.74) is 4.86. The Kier molecular flexibility index (Phi) is 3.50. The number of carbonyl (C=O) groups excluding carboxylic acids is 1. The summed E-state index contributed by atoms with van der Waals surface area (Å²) < 4.78 is 11.2. The number of hydrogen-bond acceptors (Lipinski definition) is 5. The molecule has 1 aromatic rings. The molecule has 22 heavy (non-hydrogen) atoms. The highest BCUT2D eigenvalue weighted by Crippen LogP contribution is 2.42. The Morgan fingerprint density at radius 1 is 1.23 bits per heavy atom. The van der Waals surface area contributed by atoms with Gasteiger partial charge < -0.3 is 14.2 Å². The second kappa shape index (κ2) is 5.52. The van der Waals surface area contributed by atoms with E-state index in [-0.39, 0.29) is 5.78 Å². The average Bonchev–Trinajstić information content (AvgIpc) is 3.14. The highest BCUT2D eigenvalue weighted by molar-refractivity contribution is 9.10. The van der Waals surface area contributed by atoms with Crippen LogP contribution in [0.1, 0.15) is 18.5 Å². The molecule has 0 unspecified atom stereocenters. The summed E-state index contributed by atoms with van der Waals surface area (Å²) in [6.07, 6.45) is 6.88. The van der Waals surface area contributed by atoms with E-state index in [1.165, 1.54) is 0 Å². The summed E-state index contributed by atoms with van der Waals surface area (Å²) in [7, 11) is 0. The third-order valence-corrected chi connectivity index (χ3v) is 4.91. The van der Waals surface area contributed by atoms with Gasteiger partial charge in [-0.15, -0.1) is 0 Å². The fourth-order valence-electron chi connectivity index (χ4n) is 3.23. The van der Waals surface area contributed by atoms with Gasteiger partial charge >= 0.3 is 0 Å². The zero-order chi connectivity index (χ0) is 15.1. The second-order valence-corrected chi connectivity index (χ2v) is 6.42. The zero-order valence-electron chi connectivity index (χ0n) is 12.0. The molecule has 4 rings (SSSR count). The Labute approximate surface area is 136 Å². The molecule has 0 spiro atoms. The van der Waals surface area contributed by atoms with Crippen molar-refractivity contribution < 1.29 is 14.1 Å². The van der Waals surface area contributed by atoms with Crippen molar-refractivity contribution in [3.63, 3.8) is 0 Å². The molecule has 1 aromatic heterocycles. The summed E-state index contributed by atoms with van der Waals surface area (Å²) in [6.45, 7) is 3.12. The molecule has 0 N–H and O–H groups in total. The maximum atomic E-state index is 12.4. The number of halogens is 1. The monoisotopic (exact) mass is 362 g/mol. The quantitative estimate of drug-likeness (QED) is 0.809. The Hall–Kier alpha value is -1.66. The molecular formula is C16H15BrN2O3. The minimum Gasteiger partial charge on any atom is -0.378 e. The highest BCUT2D eigenvalue weighted by Gasteiger charge is 2.31. The lowest BCUT2D eigenvalue weighted by Crippen LogP contribution is -2.36. The van der Waals surface area contributed by atoms with Gasteiger partial charge in [0.1, 0.15) is 12.0 Å². The molecule has 5 nitrogen and oxygen atoms in total. The summed E-state index contributed by atoms with van der Waals surface area (Å²) in [5, 5.41) is 4.06. The van der Waals surface area contributed by atoms with Gasteiger partial charge in [0.05, 0.1) is 17.7 Å². The molecule has 0 atom stereocenters. The lowest BCUT2D eigenvalue weighted by molar-refractivity contribution is -0.111. The number of morpholine rings is 1. The summed E-state index contributed by atoms with van der Waals surface area (Å²) in [5.74, 6) is 0.119. The first-order valence-corrected chi connectivity index (χ1v) is 8.14. The Bertz CT molecular complexity index is 724. The molecule has 0 bridgehead atoms. The Balaban J connectivity index is 1.64. The van der Waals surface area contributed by atoms with E-state index < -0.39 is 0 Å². The number of nitrogens with zero attached hydrogens (tertiary/aromatic N) is 2. The molecule has 3 aliphatic rings. The number of carbonyl (C=O) groups is 1. The minimum atomic E-state index is 0.119. The standard InChI is InChI=1S/C16H15BrN2O3/c17-14-9-22-18-16(14)12-2-1-11-13(12)7-10(8-15(11)20)19-3-5-21-6-4-19/h2,8-9H,1,3-7H2. The Morgan fingerprint density at radius 2 is 2.05 bits per heavy atom. The molecule has 2 aliphatic carbocycles. The van der Waals surface area contributed by atoms with E-state index in [4.69, 9.17) is 9.26 Å². The molecular weight excluding hydrogens is 348 g/mol. The third-order valence-electron chi connectivity index (χ3n) is 4.35. The fourth-order valence-corrected chi connectivity index (χ4v) is 3.60. The first-order valence-electron chi connectivity index (χ1n) is 7.34. The van der Waals surface area contributed by atoms with Gasteiger partial charge in [0.2, 0.25) is 0 Å². The molecule has 1 aliphatic heterocycles. The van der Waals surface area contributed by atoms with Crippen LogP contribution in [-0.2, 0) is 9.53 Å². The van der Waals surface area contributed by atoms with Crippen LogP contribution in [0.4, 0.5) is 0 Å². The Morgan fingerprint density at radius 3 is 2.77 bits per heavy atom. The van der Waals surface area contributed by atoms with Gasteiger partial charge in [0.15, 0.2) is 5.78 Å². The number of ketones is 1. The summed E-state index contributed by atoms with van der Waals surface area (Å²) in [4.78, 5) is 14.7. The van der Waals surface area contributed by atoms with Crippen LogP contribution in [0.2, 0.25) is 0 Å². The highest BCUT2D eigenvalue weighted by atomic mass is 79.9. The van der Waals surface area contributed by atoms with Gasteiger partial charge in [-0.2, -0.15) is 0 Å². The van der Waals surface area contributed by atoms with E-state index in [0.717, 1.165) is 65.3 Å². The van der Waals surface area contributed by atoms with E-state index in [1.54, 1.807) is 12.3 Å². The lowest BCUT2D eigenvalue weighted by atomic mass is 9.91. The molecule has 0 saturated carbocycles. The summed E-state index contributed by atoms with van der Waals surface area (Å²) in [6, 6.07) is 0. The van der Waals surface area contributed by atoms with Crippen LogP contribution in [0, 0.1) is 0 Å². The van der Waals surface area contributed by atoms with Crippen LogP contribution < -0.4 is 0 Å². The fraction of sp³-hybridized carbons (Fsp3) is 0.375. The van der Waals surface area contributed by atoms with Crippen molar-refractivity contribution in [3.8, 4) is 0 Å². The van der Waals surface area contributed by atoms with Crippen molar-refractivity contribution >= 4 is 27.3 Å². The van der Waals surface area contributed by atoms with Crippen LogP contribution in [0.25, 0.3) is 5.57 Å². The van der Waals surface area contributed by atoms with Crippen LogP contribution in [0.3, 0.4) is 0 Å². The van der Waals surface area contributed by atoms with Gasteiger partial charge in [-0.05, 0) is 27.9 Å². The smallest absolute Gasteiger partial charge is 0.184 e. The van der Waals surface area contributed by atoms with Crippen LogP contribution >= 0.6 is 15.9 Å². The van der Waals surface area contributed by atoms with E-state index >= 15 is 0 Å². The molecule has 0 aromatic carbocycles. The number of allylic oxidation sites excluding steroid dienone is 5. The molecule has 1 saturated heterocycles. The van der Waals surface area contributed by atoms with Crippen molar-refractivity contribution in [1.82, 2.24) is 10.1 Å². The van der Waals surface area contributed by atoms with Crippen molar-refractivity contribution in [2.45, 2.75) is 12.8 Å². The number of rotatable bonds is 2. The van der Waals surface area contributed by atoms with E-state index in [2.05, 4.69) is 32.1 Å². The summed E-state index contributed by atoms with van der Waals surface area (Å²) >= 11 is 3.45. The van der Waals surface area contributed by atoms with Gasteiger partial charge in [-0.1, -0.05) is 11.2 Å². The number of hydrogen-bond donors (Lipinski definition) is 0. The zero-order valence-corrected chi connectivity index (χ0v) is 13.6. The minimum absolute atomic E-state index is 0.119. The molecule has 1 fully saturated rings. The number of aromatic nitrogens is 1. The molecule has 114 valence electrons. The normalized spacial score (nSPS) is 21.9. The second-order valence-electron chi connectivity index (χ2n) is 5.57. The maximum absolute atomic E-state index is 12.4. The van der Waals surface area contributed by atoms with Crippen molar-refractivity contribution in [2.75, 3.05) is 26.3 Å². The topological polar surface area (TPSA) is 55.6 Å². The van der Waals surface area contributed by atoms with E-state index in [0.29, 0.717) is 6.42 Å². The first-order chi connectivity index (χ1) is 10.7. The van der Waals surface area contributed by atoms with E-state index in [1.807, 2.05) is 0 Å². The molecule has 0 radical (unpaired) electrons. The predicted octanol–water partition coefficient (Wildman–Crippen LogP) is 2.71. The van der Waals surface area contributed by atoms with Crippen LogP contribution in [0.15, 0.2) is 44.3 Å². The molecule has 6 heteroatoms.